The van der Waals surface area contributed by atoms with Crippen LogP contribution < -0.4 is 0 Å². The molecule has 112 valence electrons. The first-order chi connectivity index (χ1) is 9.60. The van der Waals surface area contributed by atoms with E-state index in [0.717, 1.165) is 37.8 Å². The summed E-state index contributed by atoms with van der Waals surface area (Å²) in [4.78, 5) is 14.5. The number of hydrogen-bond donors (Lipinski definition) is 1. The average molecular weight is 277 g/mol. The second-order valence-corrected chi connectivity index (χ2v) is 5.36. The van der Waals surface area contributed by atoms with E-state index in [-0.39, 0.29) is 18.4 Å². The molecule has 0 fully saturated rings. The maximum absolute atomic E-state index is 12.4. The van der Waals surface area contributed by atoms with Crippen molar-refractivity contribution in [3.05, 3.63) is 35.4 Å². The van der Waals surface area contributed by atoms with Gasteiger partial charge < -0.3 is 5.11 Å². The number of Topliss-reactive ketones (excluding diaryl/α,β-unsaturated/α-hetero) is 1. The van der Waals surface area contributed by atoms with Gasteiger partial charge in [0.15, 0.2) is 5.78 Å². The maximum Gasteiger partial charge on any atom is 0.179 e. The largest absolute Gasteiger partial charge is 0.396 e. The van der Waals surface area contributed by atoms with Gasteiger partial charge >= 0.3 is 0 Å². The second-order valence-electron chi connectivity index (χ2n) is 5.36. The molecule has 0 aliphatic rings. The lowest BCUT2D eigenvalue weighted by molar-refractivity contribution is 0.0866. The Bertz CT molecular complexity index is 400. The molecule has 3 heteroatoms. The Hall–Kier alpha value is -1.19. The van der Waals surface area contributed by atoms with Crippen molar-refractivity contribution >= 4 is 5.78 Å². The molecule has 1 atom stereocenters. The molecule has 0 aliphatic carbocycles. The molecule has 0 amide bonds. The molecule has 0 aromatic heterocycles. The number of rotatable bonds is 9. The van der Waals surface area contributed by atoms with Gasteiger partial charge in [-0.25, -0.2) is 0 Å². The van der Waals surface area contributed by atoms with Crippen LogP contribution in [-0.4, -0.2) is 42.0 Å². The predicted molar refractivity (Wildman–Crippen MR) is 83.2 cm³/mol. The lowest BCUT2D eigenvalue weighted by Gasteiger charge is -2.23. The summed E-state index contributed by atoms with van der Waals surface area (Å²) in [6, 6.07) is 7.81. The number of likely N-dealkylation sites (N-methyl/N-ethyl adjacent to an activating group) is 1. The fourth-order valence-electron chi connectivity index (χ4n) is 2.19. The molecular weight excluding hydrogens is 250 g/mol. The van der Waals surface area contributed by atoms with E-state index < -0.39 is 0 Å². The SMILES string of the molecule is CCc1ccc(C(=O)C(C)N(C)CCCCCO)cc1. The number of ketones is 1. The summed E-state index contributed by atoms with van der Waals surface area (Å²) in [6.45, 7) is 5.21. The first kappa shape index (κ1) is 16.9. The molecule has 1 aromatic carbocycles. The molecule has 20 heavy (non-hydrogen) atoms. The van der Waals surface area contributed by atoms with Gasteiger partial charge in [-0.3, -0.25) is 9.69 Å². The lowest BCUT2D eigenvalue weighted by Crippen LogP contribution is -2.36. The Morgan fingerprint density at radius 2 is 1.85 bits per heavy atom. The van der Waals surface area contributed by atoms with Crippen LogP contribution in [0.25, 0.3) is 0 Å². The molecule has 1 aromatic rings. The van der Waals surface area contributed by atoms with Crippen LogP contribution in [0, 0.1) is 0 Å². The van der Waals surface area contributed by atoms with Gasteiger partial charge in [0.2, 0.25) is 0 Å². The highest BCUT2D eigenvalue weighted by molar-refractivity contribution is 5.99. The zero-order valence-corrected chi connectivity index (χ0v) is 12.9. The molecule has 0 radical (unpaired) electrons. The van der Waals surface area contributed by atoms with Gasteiger partial charge in [-0.15, -0.1) is 0 Å². The van der Waals surface area contributed by atoms with Crippen molar-refractivity contribution in [2.45, 2.75) is 45.6 Å². The Morgan fingerprint density at radius 3 is 2.40 bits per heavy atom. The summed E-state index contributed by atoms with van der Waals surface area (Å²) < 4.78 is 0. The molecule has 0 heterocycles. The molecule has 0 saturated heterocycles. The van der Waals surface area contributed by atoms with E-state index in [1.165, 1.54) is 5.56 Å². The second kappa shape index (κ2) is 8.88. The van der Waals surface area contributed by atoms with Gasteiger partial charge in [-0.05, 0) is 51.8 Å². The average Bonchev–Trinajstić information content (AvgIpc) is 2.50. The number of carbonyl (C=O) groups is 1. The fourth-order valence-corrected chi connectivity index (χ4v) is 2.19. The Labute approximate surface area is 122 Å². The Morgan fingerprint density at radius 1 is 1.20 bits per heavy atom. The van der Waals surface area contributed by atoms with Crippen LogP contribution in [0.15, 0.2) is 24.3 Å². The minimum Gasteiger partial charge on any atom is -0.396 e. The van der Waals surface area contributed by atoms with E-state index in [2.05, 4.69) is 11.8 Å². The van der Waals surface area contributed by atoms with Crippen molar-refractivity contribution in [1.29, 1.82) is 0 Å². The quantitative estimate of drug-likeness (QED) is 0.557. The van der Waals surface area contributed by atoms with Crippen LogP contribution in [0.1, 0.15) is 49.0 Å². The number of hydrogen-bond acceptors (Lipinski definition) is 3. The van der Waals surface area contributed by atoms with E-state index in [9.17, 15) is 4.79 Å². The predicted octanol–water partition coefficient (Wildman–Crippen LogP) is 2.91. The van der Waals surface area contributed by atoms with Gasteiger partial charge in [0, 0.05) is 12.2 Å². The van der Waals surface area contributed by atoms with Gasteiger partial charge in [0.05, 0.1) is 6.04 Å². The fraction of sp³-hybridized carbons (Fsp3) is 0.588. The summed E-state index contributed by atoms with van der Waals surface area (Å²) in [5, 5.41) is 8.75. The summed E-state index contributed by atoms with van der Waals surface area (Å²) in [6.07, 6.45) is 3.86. The standard InChI is InChI=1S/C17H27NO2/c1-4-15-8-10-16(11-9-15)17(20)14(2)18(3)12-6-5-7-13-19/h8-11,14,19H,4-7,12-13H2,1-3H3. The Kier molecular flexibility index (Phi) is 7.48. The highest BCUT2D eigenvalue weighted by atomic mass is 16.2. The molecule has 0 saturated carbocycles. The first-order valence-corrected chi connectivity index (χ1v) is 7.54. The van der Waals surface area contributed by atoms with E-state index in [0.29, 0.717) is 0 Å². The highest BCUT2D eigenvalue weighted by Crippen LogP contribution is 2.11. The topological polar surface area (TPSA) is 40.5 Å². The summed E-state index contributed by atoms with van der Waals surface area (Å²) in [7, 11) is 1.99. The maximum atomic E-state index is 12.4. The molecule has 1 rings (SSSR count). The zero-order chi connectivity index (χ0) is 15.0. The van der Waals surface area contributed by atoms with Gasteiger partial charge in [-0.2, -0.15) is 0 Å². The van der Waals surface area contributed by atoms with Crippen molar-refractivity contribution in [3.8, 4) is 0 Å². The highest BCUT2D eigenvalue weighted by Gasteiger charge is 2.19. The smallest absolute Gasteiger partial charge is 0.179 e. The molecule has 1 N–H and O–H groups in total. The van der Waals surface area contributed by atoms with Crippen LogP contribution in [-0.2, 0) is 6.42 Å². The number of aryl methyl sites for hydroxylation is 1. The van der Waals surface area contributed by atoms with E-state index >= 15 is 0 Å². The monoisotopic (exact) mass is 277 g/mol. The molecule has 1 unspecified atom stereocenters. The number of unbranched alkanes of at least 4 members (excludes halogenated alkanes) is 2. The summed E-state index contributed by atoms with van der Waals surface area (Å²) in [5.74, 6) is 0.178. The third-order valence-corrected chi connectivity index (χ3v) is 3.86. The normalized spacial score (nSPS) is 12.7. The minimum atomic E-state index is -0.100. The van der Waals surface area contributed by atoms with Crippen molar-refractivity contribution in [1.82, 2.24) is 4.90 Å². The van der Waals surface area contributed by atoms with E-state index in [1.807, 2.05) is 38.2 Å². The molecule has 0 bridgehead atoms. The number of nitrogens with zero attached hydrogens (tertiary/aromatic N) is 1. The first-order valence-electron chi connectivity index (χ1n) is 7.54. The summed E-state index contributed by atoms with van der Waals surface area (Å²) >= 11 is 0. The number of benzene rings is 1. The van der Waals surface area contributed by atoms with Crippen LogP contribution in [0.3, 0.4) is 0 Å². The lowest BCUT2D eigenvalue weighted by atomic mass is 10.0. The number of aliphatic hydroxyl groups excluding tert-OH is 1. The molecule has 0 aliphatic heterocycles. The van der Waals surface area contributed by atoms with Crippen LogP contribution in [0.4, 0.5) is 0 Å². The van der Waals surface area contributed by atoms with Gasteiger partial charge in [0.1, 0.15) is 0 Å². The minimum absolute atomic E-state index is 0.100. The number of aliphatic hydroxyl groups is 1. The van der Waals surface area contributed by atoms with Crippen LogP contribution >= 0.6 is 0 Å². The van der Waals surface area contributed by atoms with Crippen molar-refractivity contribution < 1.29 is 9.90 Å². The third-order valence-electron chi connectivity index (χ3n) is 3.86. The van der Waals surface area contributed by atoms with Crippen molar-refractivity contribution in [2.24, 2.45) is 0 Å². The number of carbonyl (C=O) groups excluding carboxylic acids is 1. The Balaban J connectivity index is 2.51. The van der Waals surface area contributed by atoms with Crippen LogP contribution in [0.5, 0.6) is 0 Å². The van der Waals surface area contributed by atoms with Gasteiger partial charge in [-0.1, -0.05) is 31.2 Å². The van der Waals surface area contributed by atoms with E-state index in [4.69, 9.17) is 5.11 Å². The van der Waals surface area contributed by atoms with Crippen LogP contribution in [0.2, 0.25) is 0 Å². The van der Waals surface area contributed by atoms with Crippen molar-refractivity contribution in [3.63, 3.8) is 0 Å². The van der Waals surface area contributed by atoms with Gasteiger partial charge in [0.25, 0.3) is 0 Å². The molecular formula is C17H27NO2. The van der Waals surface area contributed by atoms with E-state index in [1.54, 1.807) is 0 Å². The summed E-state index contributed by atoms with van der Waals surface area (Å²) in [5.41, 5.74) is 2.04. The third kappa shape index (κ3) is 5.06. The molecule has 3 nitrogen and oxygen atoms in total. The zero-order valence-electron chi connectivity index (χ0n) is 12.9. The van der Waals surface area contributed by atoms with Crippen molar-refractivity contribution in [2.75, 3.05) is 20.2 Å². The molecule has 0 spiro atoms.